The molecule has 1 N–H and O–H groups in total. The molecule has 0 fully saturated rings. The third-order valence-electron chi connectivity index (χ3n) is 4.29. The monoisotopic (exact) mass is 377 g/mol. The van der Waals surface area contributed by atoms with Gasteiger partial charge in [-0.25, -0.2) is 9.97 Å². The van der Waals surface area contributed by atoms with Crippen LogP contribution in [0.25, 0.3) is 16.9 Å². The van der Waals surface area contributed by atoms with Crippen LogP contribution in [0, 0.1) is 0 Å². The van der Waals surface area contributed by atoms with Crippen LogP contribution in [0.2, 0.25) is 0 Å². The molecule has 0 aliphatic carbocycles. The van der Waals surface area contributed by atoms with E-state index < -0.39 is 0 Å². The highest BCUT2D eigenvalue weighted by atomic mass is 16.5. The molecule has 0 radical (unpaired) electrons. The minimum Gasteiger partial charge on any atom is -0.497 e. The van der Waals surface area contributed by atoms with Crippen LogP contribution < -0.4 is 19.5 Å². The molecule has 0 saturated heterocycles. The van der Waals surface area contributed by atoms with Gasteiger partial charge >= 0.3 is 0 Å². The Morgan fingerprint density at radius 2 is 1.64 bits per heavy atom. The summed E-state index contributed by atoms with van der Waals surface area (Å²) in [6.07, 6.45) is 1.49. The molecule has 0 bridgehead atoms. The van der Waals surface area contributed by atoms with Crippen LogP contribution in [0.4, 0.5) is 11.6 Å². The summed E-state index contributed by atoms with van der Waals surface area (Å²) in [5.41, 5.74) is 3.14. The number of hydrogen-bond donors (Lipinski definition) is 1. The van der Waals surface area contributed by atoms with Crippen molar-refractivity contribution in [3.05, 3.63) is 54.9 Å². The van der Waals surface area contributed by atoms with Gasteiger partial charge in [-0.2, -0.15) is 9.61 Å². The molecule has 2 aromatic carbocycles. The van der Waals surface area contributed by atoms with Gasteiger partial charge in [-0.15, -0.1) is 0 Å². The lowest BCUT2D eigenvalue weighted by Gasteiger charge is -2.12. The molecule has 0 aliphatic rings. The molecule has 2 heterocycles. The minimum absolute atomic E-state index is 0.546. The first-order chi connectivity index (χ1) is 13.7. The third kappa shape index (κ3) is 3.27. The van der Waals surface area contributed by atoms with Crippen LogP contribution in [0.5, 0.6) is 17.2 Å². The minimum atomic E-state index is 0.546. The van der Waals surface area contributed by atoms with Gasteiger partial charge in [0.2, 0.25) is 5.95 Å². The van der Waals surface area contributed by atoms with Gasteiger partial charge in [-0.1, -0.05) is 0 Å². The molecule has 4 aromatic rings. The average molecular weight is 377 g/mol. The van der Waals surface area contributed by atoms with Crippen molar-refractivity contribution < 1.29 is 14.2 Å². The summed E-state index contributed by atoms with van der Waals surface area (Å²) in [6, 6.07) is 15.1. The summed E-state index contributed by atoms with van der Waals surface area (Å²) in [4.78, 5) is 9.04. The standard InChI is InChI=1S/C20H19N5O3/c1-26-15-7-5-14(6-8-15)23-20-24-16(11-19-21-12-22-25(19)20)13-4-9-17(27-2)18(10-13)28-3/h4-12H,1-3H3,(H,23,24). The Balaban J connectivity index is 1.76. The van der Waals surface area contributed by atoms with Gasteiger partial charge in [0.1, 0.15) is 12.1 Å². The maximum Gasteiger partial charge on any atom is 0.231 e. The third-order valence-corrected chi connectivity index (χ3v) is 4.29. The van der Waals surface area contributed by atoms with E-state index in [0.717, 1.165) is 22.7 Å². The summed E-state index contributed by atoms with van der Waals surface area (Å²) in [5.74, 6) is 2.62. The maximum atomic E-state index is 5.41. The highest BCUT2D eigenvalue weighted by Gasteiger charge is 2.12. The zero-order chi connectivity index (χ0) is 19.5. The molecular weight excluding hydrogens is 358 g/mol. The van der Waals surface area contributed by atoms with E-state index >= 15 is 0 Å². The smallest absolute Gasteiger partial charge is 0.231 e. The zero-order valence-electron chi connectivity index (χ0n) is 15.7. The lowest BCUT2D eigenvalue weighted by Crippen LogP contribution is -2.04. The number of nitrogens with zero attached hydrogens (tertiary/aromatic N) is 4. The number of rotatable bonds is 6. The quantitative estimate of drug-likeness (QED) is 0.550. The molecule has 0 saturated carbocycles. The molecule has 142 valence electrons. The highest BCUT2D eigenvalue weighted by molar-refractivity contribution is 5.69. The second kappa shape index (κ2) is 7.43. The molecule has 2 aromatic heterocycles. The van der Waals surface area contributed by atoms with Gasteiger partial charge in [0.05, 0.1) is 27.0 Å². The fourth-order valence-corrected chi connectivity index (χ4v) is 2.86. The molecule has 8 nitrogen and oxygen atoms in total. The van der Waals surface area contributed by atoms with Gasteiger partial charge in [0.15, 0.2) is 17.1 Å². The Kier molecular flexibility index (Phi) is 4.67. The van der Waals surface area contributed by atoms with Crippen LogP contribution in [-0.4, -0.2) is 40.9 Å². The molecule has 4 rings (SSSR count). The van der Waals surface area contributed by atoms with Crippen LogP contribution in [-0.2, 0) is 0 Å². The number of anilines is 2. The van der Waals surface area contributed by atoms with Gasteiger partial charge in [-0.3, -0.25) is 0 Å². The fraction of sp³-hybridized carbons (Fsp3) is 0.150. The molecule has 0 aliphatic heterocycles. The molecule has 0 amide bonds. The predicted octanol–water partition coefficient (Wildman–Crippen LogP) is 3.56. The average Bonchev–Trinajstić information content (AvgIpc) is 3.23. The van der Waals surface area contributed by atoms with Gasteiger partial charge < -0.3 is 19.5 Å². The van der Waals surface area contributed by atoms with Crippen molar-refractivity contribution in [2.24, 2.45) is 0 Å². The number of methoxy groups -OCH3 is 3. The lowest BCUT2D eigenvalue weighted by molar-refractivity contribution is 0.355. The summed E-state index contributed by atoms with van der Waals surface area (Å²) in [7, 11) is 4.85. The second-order valence-corrected chi connectivity index (χ2v) is 5.92. The Labute approximate surface area is 161 Å². The van der Waals surface area contributed by atoms with Gasteiger partial charge in [-0.05, 0) is 42.5 Å². The molecule has 8 heteroatoms. The summed E-state index contributed by atoms with van der Waals surface area (Å²) >= 11 is 0. The lowest BCUT2D eigenvalue weighted by atomic mass is 10.1. The number of fused-ring (bicyclic) bond motifs is 1. The van der Waals surface area contributed by atoms with Crippen molar-refractivity contribution in [2.45, 2.75) is 0 Å². The van der Waals surface area contributed by atoms with Crippen molar-refractivity contribution >= 4 is 17.3 Å². The summed E-state index contributed by atoms with van der Waals surface area (Å²) < 4.78 is 17.6. The number of aromatic nitrogens is 4. The van der Waals surface area contributed by atoms with Crippen LogP contribution in [0.1, 0.15) is 0 Å². The topological polar surface area (TPSA) is 82.8 Å². The molecule has 0 unspecified atom stereocenters. The van der Waals surface area contributed by atoms with Crippen molar-refractivity contribution in [1.82, 2.24) is 19.6 Å². The summed E-state index contributed by atoms with van der Waals surface area (Å²) in [6.45, 7) is 0. The first kappa shape index (κ1) is 17.6. The van der Waals surface area contributed by atoms with E-state index in [4.69, 9.17) is 19.2 Å². The SMILES string of the molecule is COc1ccc(Nc2nc(-c3ccc(OC)c(OC)c3)cc3ncnn23)cc1. The van der Waals surface area contributed by atoms with E-state index in [1.807, 2.05) is 48.5 Å². The fourth-order valence-electron chi connectivity index (χ4n) is 2.86. The highest BCUT2D eigenvalue weighted by Crippen LogP contribution is 2.32. The Morgan fingerprint density at radius 3 is 2.36 bits per heavy atom. The Hall–Kier alpha value is -3.81. The van der Waals surface area contributed by atoms with E-state index in [0.29, 0.717) is 23.1 Å². The van der Waals surface area contributed by atoms with E-state index in [1.165, 1.54) is 6.33 Å². The van der Waals surface area contributed by atoms with Crippen LogP contribution in [0.15, 0.2) is 54.9 Å². The van der Waals surface area contributed by atoms with E-state index in [1.54, 1.807) is 25.8 Å². The van der Waals surface area contributed by atoms with Gasteiger partial charge in [0.25, 0.3) is 0 Å². The predicted molar refractivity (Wildman–Crippen MR) is 106 cm³/mol. The van der Waals surface area contributed by atoms with E-state index in [9.17, 15) is 0 Å². The molecule has 28 heavy (non-hydrogen) atoms. The number of ether oxygens (including phenoxy) is 3. The number of hydrogen-bond acceptors (Lipinski definition) is 7. The Bertz CT molecular complexity index is 1110. The first-order valence-electron chi connectivity index (χ1n) is 8.56. The van der Waals surface area contributed by atoms with E-state index in [2.05, 4.69) is 15.4 Å². The zero-order valence-corrected chi connectivity index (χ0v) is 15.7. The molecular formula is C20H19N5O3. The number of benzene rings is 2. The largest absolute Gasteiger partial charge is 0.497 e. The van der Waals surface area contributed by atoms with Crippen molar-refractivity contribution in [2.75, 3.05) is 26.6 Å². The second-order valence-electron chi connectivity index (χ2n) is 5.92. The van der Waals surface area contributed by atoms with Crippen molar-refractivity contribution in [3.63, 3.8) is 0 Å². The summed E-state index contributed by atoms with van der Waals surface area (Å²) in [5, 5.41) is 7.54. The molecule has 0 spiro atoms. The van der Waals surface area contributed by atoms with Crippen LogP contribution >= 0.6 is 0 Å². The molecule has 0 atom stereocenters. The first-order valence-corrected chi connectivity index (χ1v) is 8.56. The van der Waals surface area contributed by atoms with E-state index in [-0.39, 0.29) is 0 Å². The maximum absolute atomic E-state index is 5.41. The van der Waals surface area contributed by atoms with Crippen LogP contribution in [0.3, 0.4) is 0 Å². The van der Waals surface area contributed by atoms with Crippen molar-refractivity contribution in [3.8, 4) is 28.5 Å². The van der Waals surface area contributed by atoms with Crippen molar-refractivity contribution in [1.29, 1.82) is 0 Å². The normalized spacial score (nSPS) is 10.7. The number of nitrogens with one attached hydrogen (secondary N) is 1. The Morgan fingerprint density at radius 1 is 0.857 bits per heavy atom. The van der Waals surface area contributed by atoms with Gasteiger partial charge in [0, 0.05) is 17.3 Å².